The molecule has 0 N–H and O–H groups in total. The van der Waals surface area contributed by atoms with Gasteiger partial charge in [-0.15, -0.1) is 24.2 Å². The van der Waals surface area contributed by atoms with E-state index in [1.807, 2.05) is 27.7 Å². The molecule has 2 nitrogen and oxygen atoms in total. The van der Waals surface area contributed by atoms with Crippen molar-refractivity contribution >= 4 is 59.2 Å². The number of ether oxygens (including phenoxy) is 2. The number of rotatable bonds is 8. The number of hydrogen-bond donors (Lipinski definition) is 0. The van der Waals surface area contributed by atoms with E-state index in [0.29, 0.717) is 33.7 Å². The van der Waals surface area contributed by atoms with Crippen LogP contribution in [0.4, 0.5) is 0 Å². The minimum absolute atomic E-state index is 0.427. The van der Waals surface area contributed by atoms with E-state index in [9.17, 15) is 0 Å². The topological polar surface area (TPSA) is 18.5 Å². The van der Waals surface area contributed by atoms with E-state index in [2.05, 4.69) is 168 Å². The molecule has 5 rings (SSSR count). The molecule has 0 saturated carbocycles. The molecule has 0 saturated heterocycles. The van der Waals surface area contributed by atoms with Crippen molar-refractivity contribution in [2.75, 3.05) is 14.2 Å². The van der Waals surface area contributed by atoms with Crippen LogP contribution in [0.3, 0.4) is 0 Å². The number of methoxy groups -OCH3 is 2. The lowest BCUT2D eigenvalue weighted by molar-refractivity contribution is 0.356. The van der Waals surface area contributed by atoms with E-state index in [4.69, 9.17) is 9.47 Å². The average Bonchev–Trinajstić information content (AvgIpc) is 3.15. The number of benzene rings is 5. The van der Waals surface area contributed by atoms with Gasteiger partial charge in [0.15, 0.2) is 27.6 Å². The van der Waals surface area contributed by atoms with E-state index in [1.165, 1.54) is 32.3 Å². The highest BCUT2D eigenvalue weighted by atomic mass is 28.3. The van der Waals surface area contributed by atoms with E-state index >= 15 is 0 Å². The predicted octanol–water partition coefficient (Wildman–Crippen LogP) is 15.5. The summed E-state index contributed by atoms with van der Waals surface area (Å²) < 4.78 is 11.6. The number of hydrogen-bond acceptors (Lipinski definition) is 2. The summed E-state index contributed by atoms with van der Waals surface area (Å²) >= 11 is 0. The summed E-state index contributed by atoms with van der Waals surface area (Å²) in [5.74, 6) is 9.25. The summed E-state index contributed by atoms with van der Waals surface area (Å²) in [6.45, 7) is 44.6. The monoisotopic (exact) mass is 782 g/mol. The molecule has 0 unspecified atom stereocenters. The zero-order chi connectivity index (χ0) is 42.4. The molecular formula is C52H70O2Si2. The van der Waals surface area contributed by atoms with E-state index in [1.54, 1.807) is 14.2 Å². The molecule has 0 bridgehead atoms. The van der Waals surface area contributed by atoms with Crippen molar-refractivity contribution in [1.82, 2.24) is 0 Å². The minimum Gasteiger partial charge on any atom is -0.493 e. The van der Waals surface area contributed by atoms with Crippen molar-refractivity contribution in [3.8, 4) is 34.4 Å². The first kappa shape index (κ1) is 46.2. The summed E-state index contributed by atoms with van der Waals surface area (Å²) in [7, 11) is -1.12. The molecule has 0 fully saturated rings. The van der Waals surface area contributed by atoms with Gasteiger partial charge in [0.05, 0.1) is 14.2 Å². The van der Waals surface area contributed by atoms with Crippen molar-refractivity contribution in [3.05, 3.63) is 94.3 Å². The fourth-order valence-corrected chi connectivity index (χ4v) is 17.9. The summed E-state index contributed by atoms with van der Waals surface area (Å²) in [6.07, 6.45) is 0. The molecule has 0 radical (unpaired) electrons. The van der Waals surface area contributed by atoms with Crippen LogP contribution >= 0.6 is 0 Å². The SMILES string of the molecule is C=C(C)[Si](C#Cc1c2cc3cc(C)c(C)cc3cc2c(C#C[Si](C(=C)C)(C(C)C)C(C)C)c2cc3cc(OC)c(OC)cc3cc12)(C(C)C)C(C)C.CC.CC. The fraction of sp³-hybridized carbons (Fsp3) is 0.423. The Morgan fingerprint density at radius 2 is 0.732 bits per heavy atom. The maximum Gasteiger partial charge on any atom is 0.169 e. The second-order valence-electron chi connectivity index (χ2n) is 16.3. The average molecular weight is 783 g/mol. The van der Waals surface area contributed by atoms with Gasteiger partial charge in [0.25, 0.3) is 0 Å². The summed E-state index contributed by atoms with van der Waals surface area (Å²) in [5.41, 5.74) is 14.4. The lowest BCUT2D eigenvalue weighted by Crippen LogP contribution is -2.41. The second-order valence-corrected chi connectivity index (χ2v) is 26.6. The van der Waals surface area contributed by atoms with Crippen LogP contribution in [0.1, 0.15) is 119 Å². The molecule has 0 aliphatic rings. The van der Waals surface area contributed by atoms with Gasteiger partial charge in [-0.1, -0.05) is 117 Å². The number of allylic oxidation sites excluding steroid dienone is 2. The molecule has 5 aromatic carbocycles. The molecule has 0 aliphatic carbocycles. The highest BCUT2D eigenvalue weighted by molar-refractivity contribution is 6.96. The first-order valence-electron chi connectivity index (χ1n) is 20.8. The Kier molecular flexibility index (Phi) is 15.5. The first-order valence-corrected chi connectivity index (χ1v) is 25.1. The van der Waals surface area contributed by atoms with Crippen LogP contribution in [0.5, 0.6) is 11.5 Å². The van der Waals surface area contributed by atoms with Gasteiger partial charge < -0.3 is 9.47 Å². The Hall–Kier alpha value is -4.23. The largest absolute Gasteiger partial charge is 0.493 e. The maximum atomic E-state index is 5.78. The van der Waals surface area contributed by atoms with Crippen LogP contribution in [0.2, 0.25) is 22.2 Å². The summed E-state index contributed by atoms with van der Waals surface area (Å²) in [4.78, 5) is 0. The zero-order valence-corrected chi connectivity index (χ0v) is 40.2. The molecule has 0 aliphatic heterocycles. The second kappa shape index (κ2) is 18.8. The molecule has 0 heterocycles. The van der Waals surface area contributed by atoms with E-state index < -0.39 is 16.1 Å². The normalized spacial score (nSPS) is 11.5. The number of fused-ring (bicyclic) bond motifs is 4. The molecule has 5 aromatic rings. The Bertz CT molecular complexity index is 2200. The van der Waals surface area contributed by atoms with Crippen LogP contribution < -0.4 is 9.47 Å². The van der Waals surface area contributed by atoms with Crippen molar-refractivity contribution in [1.29, 1.82) is 0 Å². The highest BCUT2D eigenvalue weighted by Gasteiger charge is 2.41. The quantitative estimate of drug-likeness (QED) is 0.0887. The van der Waals surface area contributed by atoms with Crippen molar-refractivity contribution < 1.29 is 9.47 Å². The lowest BCUT2D eigenvalue weighted by Gasteiger charge is -2.35. The molecule has 0 atom stereocenters. The van der Waals surface area contributed by atoms with Crippen LogP contribution in [-0.2, 0) is 0 Å². The van der Waals surface area contributed by atoms with Gasteiger partial charge in [-0.05, 0) is 140 Å². The molecule has 4 heteroatoms. The summed E-state index contributed by atoms with van der Waals surface area (Å²) in [6, 6.07) is 18.1. The number of aryl methyl sites for hydroxylation is 2. The van der Waals surface area contributed by atoms with Gasteiger partial charge in [-0.2, -0.15) is 0 Å². The standard InChI is InChI=1S/C48H58O2Si2.2C2H6/c1-29(2)51(30(3)4,31(5)6)19-17-41-43-23-37-21-35(13)36(14)22-38(37)24-44(43)42(18-20-52(32(7)8,33(9)10)34(11)12)46-26-40-28-48(50-16)47(49-15)27-39(40)25-45(41)46;2*1-2/h21-28,30-31,33-34H,1,7H2,2-6,8-16H3;2*1-2H3. The van der Waals surface area contributed by atoms with Crippen LogP contribution in [-0.4, -0.2) is 30.4 Å². The molecule has 0 amide bonds. The van der Waals surface area contributed by atoms with Gasteiger partial charge in [-0.3, -0.25) is 0 Å². The molecule has 56 heavy (non-hydrogen) atoms. The van der Waals surface area contributed by atoms with E-state index in [-0.39, 0.29) is 0 Å². The molecule has 0 aromatic heterocycles. The molecule has 298 valence electrons. The highest BCUT2D eigenvalue weighted by Crippen LogP contribution is 2.43. The Morgan fingerprint density at radius 1 is 0.482 bits per heavy atom. The van der Waals surface area contributed by atoms with E-state index in [0.717, 1.165) is 43.4 Å². The lowest BCUT2D eigenvalue weighted by atomic mass is 9.88. The van der Waals surface area contributed by atoms with Crippen molar-refractivity contribution in [3.63, 3.8) is 0 Å². The zero-order valence-electron chi connectivity index (χ0n) is 38.2. The Balaban J connectivity index is 0.00000204. The molecular weight excluding hydrogens is 713 g/mol. The van der Waals surface area contributed by atoms with Crippen LogP contribution in [0.25, 0.3) is 43.1 Å². The van der Waals surface area contributed by atoms with Gasteiger partial charge >= 0.3 is 0 Å². The Morgan fingerprint density at radius 3 is 0.946 bits per heavy atom. The third kappa shape index (κ3) is 8.25. The predicted molar refractivity (Wildman–Crippen MR) is 257 cm³/mol. The third-order valence-corrected chi connectivity index (χ3v) is 23.2. The van der Waals surface area contributed by atoms with Crippen LogP contribution in [0, 0.1) is 36.8 Å². The van der Waals surface area contributed by atoms with Gasteiger partial charge in [-0.25, -0.2) is 0 Å². The van der Waals surface area contributed by atoms with Crippen molar-refractivity contribution in [2.45, 2.75) is 133 Å². The Labute approximate surface area is 343 Å². The van der Waals surface area contributed by atoms with Gasteiger partial charge in [0.2, 0.25) is 0 Å². The maximum absolute atomic E-state index is 5.78. The first-order chi connectivity index (χ1) is 26.4. The van der Waals surface area contributed by atoms with Gasteiger partial charge in [0.1, 0.15) is 0 Å². The minimum atomic E-state index is -2.25. The summed E-state index contributed by atoms with van der Waals surface area (Å²) in [5, 5.41) is 11.6. The molecule has 0 spiro atoms. The van der Waals surface area contributed by atoms with Gasteiger partial charge in [0, 0.05) is 11.1 Å². The van der Waals surface area contributed by atoms with Crippen LogP contribution in [0.15, 0.2) is 72.1 Å². The fourth-order valence-electron chi connectivity index (χ4n) is 9.02. The third-order valence-electron chi connectivity index (χ3n) is 12.0. The smallest absolute Gasteiger partial charge is 0.169 e. The van der Waals surface area contributed by atoms with Crippen molar-refractivity contribution in [2.24, 2.45) is 0 Å².